The lowest BCUT2D eigenvalue weighted by molar-refractivity contribution is -0.116. The second-order valence-electron chi connectivity index (χ2n) is 6.88. The number of carbonyl (C=O) groups is 1. The van der Waals surface area contributed by atoms with Crippen molar-refractivity contribution in [1.82, 2.24) is 19.3 Å². The number of rotatable bonds is 6. The summed E-state index contributed by atoms with van der Waals surface area (Å²) in [6, 6.07) is 11.0. The average molecular weight is 457 g/mol. The standard InChI is InChI=1S/C21H18ClFN6O3/c1-28-19-18(20(27-28)26-13-5-3-12(22)4-6-13)24-11-29(21(19)31)10-17(30)25-14-7-8-16(32-2)15(23)9-14/h3-9,11H,10H2,1-2H3,(H,25,30)(H,26,27). The summed E-state index contributed by atoms with van der Waals surface area (Å²) in [6.45, 7) is -0.305. The number of ether oxygens (including phenoxy) is 1. The first kappa shape index (κ1) is 21.3. The van der Waals surface area contributed by atoms with Gasteiger partial charge in [0, 0.05) is 29.5 Å². The number of aromatic nitrogens is 4. The van der Waals surface area contributed by atoms with Gasteiger partial charge in [0.15, 0.2) is 22.9 Å². The number of hydrogen-bond acceptors (Lipinski definition) is 6. The molecule has 0 radical (unpaired) electrons. The van der Waals surface area contributed by atoms with Crippen molar-refractivity contribution in [2.45, 2.75) is 6.54 Å². The molecule has 32 heavy (non-hydrogen) atoms. The van der Waals surface area contributed by atoms with Crippen LogP contribution in [-0.2, 0) is 18.4 Å². The highest BCUT2D eigenvalue weighted by Crippen LogP contribution is 2.23. The molecule has 4 rings (SSSR count). The third-order valence-corrected chi connectivity index (χ3v) is 4.92. The molecule has 0 saturated heterocycles. The van der Waals surface area contributed by atoms with E-state index in [0.29, 0.717) is 16.4 Å². The minimum Gasteiger partial charge on any atom is -0.494 e. The maximum Gasteiger partial charge on any atom is 0.280 e. The minimum atomic E-state index is -0.610. The van der Waals surface area contributed by atoms with Crippen molar-refractivity contribution < 1.29 is 13.9 Å². The van der Waals surface area contributed by atoms with Gasteiger partial charge < -0.3 is 15.4 Å². The number of amides is 1. The summed E-state index contributed by atoms with van der Waals surface area (Å²) in [7, 11) is 2.96. The van der Waals surface area contributed by atoms with Gasteiger partial charge in [0.1, 0.15) is 12.1 Å². The average Bonchev–Trinajstić information content (AvgIpc) is 3.07. The molecule has 11 heteroatoms. The fourth-order valence-electron chi connectivity index (χ4n) is 3.16. The molecular weight excluding hydrogens is 439 g/mol. The Morgan fingerprint density at radius 3 is 2.59 bits per heavy atom. The topological polar surface area (TPSA) is 103 Å². The van der Waals surface area contributed by atoms with Gasteiger partial charge >= 0.3 is 0 Å². The smallest absolute Gasteiger partial charge is 0.280 e. The van der Waals surface area contributed by atoms with E-state index < -0.39 is 17.3 Å². The summed E-state index contributed by atoms with van der Waals surface area (Å²) < 4.78 is 21.2. The fourth-order valence-corrected chi connectivity index (χ4v) is 3.28. The van der Waals surface area contributed by atoms with Gasteiger partial charge in [0.2, 0.25) is 5.91 Å². The van der Waals surface area contributed by atoms with E-state index in [1.54, 1.807) is 31.3 Å². The van der Waals surface area contributed by atoms with Gasteiger partial charge in [0.25, 0.3) is 5.56 Å². The molecule has 0 aliphatic rings. The number of benzene rings is 2. The minimum absolute atomic E-state index is 0.0630. The van der Waals surface area contributed by atoms with Gasteiger partial charge in [-0.1, -0.05) is 11.6 Å². The molecule has 2 N–H and O–H groups in total. The van der Waals surface area contributed by atoms with Crippen LogP contribution >= 0.6 is 11.6 Å². The van der Waals surface area contributed by atoms with E-state index in [1.807, 2.05) is 0 Å². The second kappa shape index (κ2) is 8.67. The summed E-state index contributed by atoms with van der Waals surface area (Å²) in [5, 5.41) is 10.6. The van der Waals surface area contributed by atoms with Gasteiger partial charge in [0.05, 0.1) is 13.4 Å². The van der Waals surface area contributed by atoms with Crippen LogP contribution in [0, 0.1) is 5.82 Å². The van der Waals surface area contributed by atoms with Crippen LogP contribution in [0.25, 0.3) is 11.0 Å². The molecule has 0 saturated carbocycles. The summed E-state index contributed by atoms with van der Waals surface area (Å²) in [6.07, 6.45) is 1.27. The lowest BCUT2D eigenvalue weighted by Crippen LogP contribution is -2.28. The van der Waals surface area contributed by atoms with Crippen LogP contribution in [0.15, 0.2) is 53.6 Å². The first-order valence-corrected chi connectivity index (χ1v) is 9.81. The molecule has 0 aliphatic carbocycles. The zero-order chi connectivity index (χ0) is 22.8. The Morgan fingerprint density at radius 1 is 1.19 bits per heavy atom. The number of carbonyl (C=O) groups excluding carboxylic acids is 1. The molecule has 0 fully saturated rings. The van der Waals surface area contributed by atoms with Gasteiger partial charge in [-0.2, -0.15) is 5.10 Å². The molecule has 1 amide bonds. The molecule has 2 heterocycles. The lowest BCUT2D eigenvalue weighted by atomic mass is 10.3. The molecule has 9 nitrogen and oxygen atoms in total. The summed E-state index contributed by atoms with van der Waals surface area (Å²) in [5.41, 5.74) is 1.12. The summed E-state index contributed by atoms with van der Waals surface area (Å²) in [5.74, 6) is -0.666. The number of fused-ring (bicyclic) bond motifs is 1. The van der Waals surface area contributed by atoms with Crippen LogP contribution < -0.4 is 20.9 Å². The molecule has 0 bridgehead atoms. The van der Waals surface area contributed by atoms with Gasteiger partial charge in [-0.05, 0) is 36.4 Å². The number of anilines is 3. The number of nitrogens with one attached hydrogen (secondary N) is 2. The summed E-state index contributed by atoms with van der Waals surface area (Å²) >= 11 is 5.91. The van der Waals surface area contributed by atoms with E-state index in [4.69, 9.17) is 16.3 Å². The van der Waals surface area contributed by atoms with Crippen molar-refractivity contribution in [3.05, 3.63) is 70.0 Å². The molecule has 4 aromatic rings. The van der Waals surface area contributed by atoms with E-state index in [2.05, 4.69) is 20.7 Å². The zero-order valence-corrected chi connectivity index (χ0v) is 17.9. The van der Waals surface area contributed by atoms with E-state index in [0.717, 1.165) is 16.3 Å². The quantitative estimate of drug-likeness (QED) is 0.461. The number of halogens is 2. The highest BCUT2D eigenvalue weighted by molar-refractivity contribution is 6.30. The maximum absolute atomic E-state index is 13.8. The maximum atomic E-state index is 13.8. The van der Waals surface area contributed by atoms with Crippen molar-refractivity contribution in [3.63, 3.8) is 0 Å². The van der Waals surface area contributed by atoms with E-state index in [9.17, 15) is 14.0 Å². The zero-order valence-electron chi connectivity index (χ0n) is 17.1. The predicted molar refractivity (Wildman–Crippen MR) is 119 cm³/mol. The van der Waals surface area contributed by atoms with Crippen LogP contribution in [0.5, 0.6) is 5.75 Å². The summed E-state index contributed by atoms with van der Waals surface area (Å²) in [4.78, 5) is 29.7. The SMILES string of the molecule is COc1ccc(NC(=O)Cn2cnc3c(Nc4ccc(Cl)cc4)nn(C)c3c2=O)cc1F. The molecule has 0 spiro atoms. The predicted octanol–water partition coefficient (Wildman–Crippen LogP) is 3.31. The Labute approximate surface area is 186 Å². The number of hydrogen-bond donors (Lipinski definition) is 2. The van der Waals surface area contributed by atoms with Crippen molar-refractivity contribution in [1.29, 1.82) is 0 Å². The second-order valence-corrected chi connectivity index (χ2v) is 7.31. The van der Waals surface area contributed by atoms with Crippen LogP contribution in [-0.4, -0.2) is 32.3 Å². The van der Waals surface area contributed by atoms with Gasteiger partial charge in [-0.25, -0.2) is 9.37 Å². The number of methoxy groups -OCH3 is 1. The van der Waals surface area contributed by atoms with Crippen molar-refractivity contribution in [2.75, 3.05) is 17.7 Å². The highest BCUT2D eigenvalue weighted by atomic mass is 35.5. The highest BCUT2D eigenvalue weighted by Gasteiger charge is 2.17. The first-order valence-electron chi connectivity index (χ1n) is 9.44. The van der Waals surface area contributed by atoms with Crippen LogP contribution in [0.2, 0.25) is 5.02 Å². The molecule has 0 unspecified atom stereocenters. The molecule has 2 aromatic heterocycles. The van der Waals surface area contributed by atoms with E-state index in [-0.39, 0.29) is 23.5 Å². The Kier molecular flexibility index (Phi) is 5.78. The third-order valence-electron chi connectivity index (χ3n) is 4.67. The van der Waals surface area contributed by atoms with Crippen molar-refractivity contribution >= 4 is 45.7 Å². The van der Waals surface area contributed by atoms with Crippen molar-refractivity contribution in [2.24, 2.45) is 7.05 Å². The lowest BCUT2D eigenvalue weighted by Gasteiger charge is -2.09. The largest absolute Gasteiger partial charge is 0.494 e. The molecule has 2 aromatic carbocycles. The molecule has 0 aliphatic heterocycles. The Hall–Kier alpha value is -3.92. The van der Waals surface area contributed by atoms with E-state index in [1.165, 1.54) is 30.3 Å². The Bertz CT molecular complexity index is 1370. The van der Waals surface area contributed by atoms with Crippen LogP contribution in [0.1, 0.15) is 0 Å². The Morgan fingerprint density at radius 2 is 1.91 bits per heavy atom. The Balaban J connectivity index is 1.56. The molecule has 164 valence electrons. The first-order chi connectivity index (χ1) is 15.4. The normalized spacial score (nSPS) is 10.9. The molecule has 0 atom stereocenters. The number of aryl methyl sites for hydroxylation is 1. The van der Waals surface area contributed by atoms with Crippen LogP contribution in [0.3, 0.4) is 0 Å². The van der Waals surface area contributed by atoms with Crippen LogP contribution in [0.4, 0.5) is 21.6 Å². The van der Waals surface area contributed by atoms with Crippen molar-refractivity contribution in [3.8, 4) is 5.75 Å². The van der Waals surface area contributed by atoms with E-state index >= 15 is 0 Å². The monoisotopic (exact) mass is 456 g/mol. The van der Waals surface area contributed by atoms with Gasteiger partial charge in [-0.3, -0.25) is 18.8 Å². The number of nitrogens with zero attached hydrogens (tertiary/aromatic N) is 4. The van der Waals surface area contributed by atoms with Gasteiger partial charge in [-0.15, -0.1) is 0 Å². The molecular formula is C21H18ClFN6O3. The third kappa shape index (κ3) is 4.26. The fraction of sp³-hybridized carbons (Fsp3) is 0.143.